The molecule has 0 saturated heterocycles. The number of nitrogens with one attached hydrogen (secondary N) is 1. The van der Waals surface area contributed by atoms with Crippen LogP contribution in [-0.4, -0.2) is 41.3 Å². The van der Waals surface area contributed by atoms with Gasteiger partial charge in [-0.3, -0.25) is 4.79 Å². The van der Waals surface area contributed by atoms with E-state index < -0.39 is 17.9 Å². The van der Waals surface area contributed by atoms with Crippen LogP contribution in [-0.2, 0) is 9.59 Å². The quantitative estimate of drug-likeness (QED) is 0.681. The second-order valence-corrected chi connectivity index (χ2v) is 4.53. The van der Waals surface area contributed by atoms with E-state index in [-0.39, 0.29) is 19.6 Å². The van der Waals surface area contributed by atoms with Gasteiger partial charge in [-0.15, -0.1) is 0 Å². The number of benzene rings is 1. The Hall–Kier alpha value is -2.08. The molecule has 0 aliphatic carbocycles. The zero-order valence-corrected chi connectivity index (χ0v) is 11.5. The summed E-state index contributed by atoms with van der Waals surface area (Å²) in [5, 5.41) is 19.9. The van der Waals surface area contributed by atoms with E-state index in [1.807, 2.05) is 26.0 Å². The van der Waals surface area contributed by atoms with Gasteiger partial charge in [0.2, 0.25) is 0 Å². The Balaban J connectivity index is 2.52. The van der Waals surface area contributed by atoms with Crippen LogP contribution in [0.3, 0.4) is 0 Å². The Labute approximate surface area is 117 Å². The summed E-state index contributed by atoms with van der Waals surface area (Å²) in [6.45, 7) is 3.25. The smallest absolute Gasteiger partial charge is 0.326 e. The van der Waals surface area contributed by atoms with Gasteiger partial charge in [-0.25, -0.2) is 4.79 Å². The van der Waals surface area contributed by atoms with Crippen LogP contribution in [0.5, 0.6) is 5.75 Å². The lowest BCUT2D eigenvalue weighted by Gasteiger charge is -2.14. The molecular formula is C14H19NO5. The monoisotopic (exact) mass is 281 g/mol. The molecular weight excluding hydrogens is 262 g/mol. The lowest BCUT2D eigenvalue weighted by molar-refractivity contribution is -0.142. The maximum absolute atomic E-state index is 11.6. The van der Waals surface area contributed by atoms with E-state index in [1.165, 1.54) is 0 Å². The third-order valence-corrected chi connectivity index (χ3v) is 2.74. The van der Waals surface area contributed by atoms with Gasteiger partial charge < -0.3 is 20.3 Å². The molecule has 0 aliphatic rings. The molecule has 1 aromatic carbocycles. The van der Waals surface area contributed by atoms with Crippen LogP contribution in [0.1, 0.15) is 17.5 Å². The van der Waals surface area contributed by atoms with Crippen molar-refractivity contribution in [1.29, 1.82) is 0 Å². The summed E-state index contributed by atoms with van der Waals surface area (Å²) in [6, 6.07) is 4.46. The fourth-order valence-corrected chi connectivity index (χ4v) is 1.73. The van der Waals surface area contributed by atoms with Crippen molar-refractivity contribution in [3.63, 3.8) is 0 Å². The number of aliphatic carboxylic acids is 1. The average molecular weight is 281 g/mol. The molecule has 0 spiro atoms. The maximum atomic E-state index is 11.6. The molecule has 1 atom stereocenters. The number of carboxylic acids is 1. The van der Waals surface area contributed by atoms with Crippen molar-refractivity contribution < 1.29 is 24.5 Å². The van der Waals surface area contributed by atoms with Crippen LogP contribution in [0, 0.1) is 13.8 Å². The Bertz CT molecular complexity index is 486. The summed E-state index contributed by atoms with van der Waals surface area (Å²) in [5.74, 6) is -1.13. The summed E-state index contributed by atoms with van der Waals surface area (Å²) in [4.78, 5) is 22.4. The highest BCUT2D eigenvalue weighted by molar-refractivity contribution is 5.84. The fraction of sp³-hybridized carbons (Fsp3) is 0.429. The van der Waals surface area contributed by atoms with Crippen LogP contribution in [0.4, 0.5) is 0 Å². The van der Waals surface area contributed by atoms with Crippen molar-refractivity contribution in [3.05, 3.63) is 29.3 Å². The number of aliphatic hydroxyl groups excluding tert-OH is 1. The molecule has 0 bridgehead atoms. The number of hydrogen-bond acceptors (Lipinski definition) is 4. The Morgan fingerprint density at radius 1 is 1.35 bits per heavy atom. The first-order chi connectivity index (χ1) is 9.43. The molecule has 3 N–H and O–H groups in total. The van der Waals surface area contributed by atoms with Crippen molar-refractivity contribution in [1.82, 2.24) is 5.32 Å². The SMILES string of the molecule is Cc1ccc(OCC(=O)N[C@H](CCO)C(=O)O)c(C)c1. The van der Waals surface area contributed by atoms with Gasteiger partial charge in [-0.2, -0.15) is 0 Å². The molecule has 6 nitrogen and oxygen atoms in total. The number of aliphatic hydroxyl groups is 1. The van der Waals surface area contributed by atoms with Crippen LogP contribution in [0.25, 0.3) is 0 Å². The molecule has 0 heterocycles. The van der Waals surface area contributed by atoms with E-state index in [1.54, 1.807) is 6.07 Å². The number of carboxylic acid groups (broad SMARTS) is 1. The third kappa shape index (κ3) is 4.89. The molecule has 1 amide bonds. The first-order valence-electron chi connectivity index (χ1n) is 6.27. The van der Waals surface area contributed by atoms with E-state index >= 15 is 0 Å². The van der Waals surface area contributed by atoms with Gasteiger partial charge in [0, 0.05) is 13.0 Å². The summed E-state index contributed by atoms with van der Waals surface area (Å²) in [7, 11) is 0. The molecule has 0 unspecified atom stereocenters. The molecule has 0 fully saturated rings. The third-order valence-electron chi connectivity index (χ3n) is 2.74. The first kappa shape index (κ1) is 16.0. The van der Waals surface area contributed by atoms with Crippen molar-refractivity contribution in [2.75, 3.05) is 13.2 Å². The zero-order chi connectivity index (χ0) is 15.1. The van der Waals surface area contributed by atoms with E-state index in [2.05, 4.69) is 5.32 Å². The average Bonchev–Trinajstić information content (AvgIpc) is 2.37. The fourth-order valence-electron chi connectivity index (χ4n) is 1.73. The summed E-state index contributed by atoms with van der Waals surface area (Å²) in [6.07, 6.45) is -0.0371. The number of rotatable bonds is 7. The molecule has 0 saturated carbocycles. The van der Waals surface area contributed by atoms with Crippen molar-refractivity contribution >= 4 is 11.9 Å². The van der Waals surface area contributed by atoms with E-state index in [4.69, 9.17) is 14.9 Å². The molecule has 1 aromatic rings. The molecule has 0 aliphatic heterocycles. The molecule has 110 valence electrons. The number of carbonyl (C=O) groups excluding carboxylic acids is 1. The minimum atomic E-state index is -1.18. The predicted molar refractivity (Wildman–Crippen MR) is 72.7 cm³/mol. The molecule has 0 radical (unpaired) electrons. The van der Waals surface area contributed by atoms with Gasteiger partial charge in [-0.1, -0.05) is 17.7 Å². The number of amides is 1. The number of ether oxygens (including phenoxy) is 1. The highest BCUT2D eigenvalue weighted by Gasteiger charge is 2.19. The largest absolute Gasteiger partial charge is 0.484 e. The van der Waals surface area contributed by atoms with Crippen molar-refractivity contribution in [3.8, 4) is 5.75 Å². The lowest BCUT2D eigenvalue weighted by Crippen LogP contribution is -2.43. The van der Waals surface area contributed by atoms with Gasteiger partial charge in [0.25, 0.3) is 5.91 Å². The Morgan fingerprint density at radius 2 is 2.05 bits per heavy atom. The summed E-state index contributed by atoms with van der Waals surface area (Å²) >= 11 is 0. The molecule has 1 rings (SSSR count). The minimum absolute atomic E-state index is 0.0371. The summed E-state index contributed by atoms with van der Waals surface area (Å²) < 4.78 is 5.34. The zero-order valence-electron chi connectivity index (χ0n) is 11.5. The molecule has 0 aromatic heterocycles. The number of aryl methyl sites for hydroxylation is 2. The van der Waals surface area contributed by atoms with E-state index in [9.17, 15) is 9.59 Å². The normalized spacial score (nSPS) is 11.8. The number of carbonyl (C=O) groups is 2. The minimum Gasteiger partial charge on any atom is -0.484 e. The Kier molecular flexibility index (Phi) is 5.99. The van der Waals surface area contributed by atoms with Gasteiger partial charge in [0.15, 0.2) is 6.61 Å². The molecule has 6 heteroatoms. The topological polar surface area (TPSA) is 95.9 Å². The first-order valence-corrected chi connectivity index (χ1v) is 6.27. The molecule has 20 heavy (non-hydrogen) atoms. The summed E-state index contributed by atoms with van der Waals surface area (Å²) in [5.41, 5.74) is 2.00. The highest BCUT2D eigenvalue weighted by atomic mass is 16.5. The lowest BCUT2D eigenvalue weighted by atomic mass is 10.1. The van der Waals surface area contributed by atoms with Crippen molar-refractivity contribution in [2.24, 2.45) is 0 Å². The van der Waals surface area contributed by atoms with Crippen LogP contribution in [0.15, 0.2) is 18.2 Å². The maximum Gasteiger partial charge on any atom is 0.326 e. The van der Waals surface area contributed by atoms with Gasteiger partial charge >= 0.3 is 5.97 Å². The Morgan fingerprint density at radius 3 is 2.60 bits per heavy atom. The second kappa shape index (κ2) is 7.49. The second-order valence-electron chi connectivity index (χ2n) is 4.53. The number of hydrogen-bond donors (Lipinski definition) is 3. The van der Waals surface area contributed by atoms with Gasteiger partial charge in [0.1, 0.15) is 11.8 Å². The van der Waals surface area contributed by atoms with Gasteiger partial charge in [0.05, 0.1) is 0 Å². The van der Waals surface area contributed by atoms with E-state index in [0.29, 0.717) is 5.75 Å². The van der Waals surface area contributed by atoms with Gasteiger partial charge in [-0.05, 0) is 25.5 Å². The van der Waals surface area contributed by atoms with Crippen LogP contribution >= 0.6 is 0 Å². The van der Waals surface area contributed by atoms with Crippen LogP contribution in [0.2, 0.25) is 0 Å². The van der Waals surface area contributed by atoms with Crippen LogP contribution < -0.4 is 10.1 Å². The van der Waals surface area contributed by atoms with E-state index in [0.717, 1.165) is 11.1 Å². The standard InChI is InChI=1S/C14H19NO5/c1-9-3-4-12(10(2)7-9)20-8-13(17)15-11(5-6-16)14(18)19/h3-4,7,11,16H,5-6,8H2,1-2H3,(H,15,17)(H,18,19)/t11-/m1/s1. The van der Waals surface area contributed by atoms with Crippen molar-refractivity contribution in [2.45, 2.75) is 26.3 Å². The predicted octanol–water partition coefficient (Wildman–Crippen LogP) is 0.634. The highest BCUT2D eigenvalue weighted by Crippen LogP contribution is 2.18.